The number of nitrogens with two attached hydrogens (primary N) is 1. The summed E-state index contributed by atoms with van der Waals surface area (Å²) in [5.41, 5.74) is 11.1. The summed E-state index contributed by atoms with van der Waals surface area (Å²) < 4.78 is 1.97. The monoisotopic (exact) mass is 259 g/mol. The largest absolute Gasteiger partial charge is 0.389 e. The minimum absolute atomic E-state index is 0.421. The Bertz CT molecular complexity index is 582. The first kappa shape index (κ1) is 12.8. The maximum absolute atomic E-state index is 5.59. The third-order valence-electron chi connectivity index (χ3n) is 3.19. The first-order valence-corrected chi connectivity index (χ1v) is 6.40. The van der Waals surface area contributed by atoms with Crippen LogP contribution in [0, 0.1) is 13.8 Å². The predicted molar refractivity (Wildman–Crippen MR) is 78.3 cm³/mol. The molecule has 3 nitrogen and oxygen atoms in total. The lowest BCUT2D eigenvalue weighted by atomic mass is 10.1. The van der Waals surface area contributed by atoms with Gasteiger partial charge < -0.3 is 5.73 Å². The second kappa shape index (κ2) is 4.90. The number of nitrogens with zero attached hydrogens (tertiary/aromatic N) is 2. The van der Waals surface area contributed by atoms with E-state index >= 15 is 0 Å². The molecule has 0 aliphatic rings. The zero-order chi connectivity index (χ0) is 13.3. The number of hydrogen-bond acceptors (Lipinski definition) is 2. The molecular formula is C14H17N3S. The van der Waals surface area contributed by atoms with Gasteiger partial charge in [0, 0.05) is 11.3 Å². The molecule has 1 aromatic carbocycles. The van der Waals surface area contributed by atoms with Crippen molar-refractivity contribution >= 4 is 17.2 Å². The van der Waals surface area contributed by atoms with E-state index in [0.29, 0.717) is 4.99 Å². The summed E-state index contributed by atoms with van der Waals surface area (Å²) >= 11 is 4.95. The fourth-order valence-electron chi connectivity index (χ4n) is 2.20. The summed E-state index contributed by atoms with van der Waals surface area (Å²) in [4.78, 5) is 0.421. The highest BCUT2D eigenvalue weighted by molar-refractivity contribution is 7.80. The zero-order valence-electron chi connectivity index (χ0n) is 10.9. The molecule has 2 rings (SSSR count). The van der Waals surface area contributed by atoms with Gasteiger partial charge in [0.15, 0.2) is 0 Å². The van der Waals surface area contributed by atoms with Crippen LogP contribution in [0.5, 0.6) is 0 Å². The van der Waals surface area contributed by atoms with E-state index < -0.39 is 0 Å². The molecule has 1 aromatic heterocycles. The number of thiocarbonyl (C=S) groups is 1. The Morgan fingerprint density at radius 2 is 1.89 bits per heavy atom. The van der Waals surface area contributed by atoms with E-state index in [2.05, 4.69) is 18.9 Å². The Labute approximate surface area is 113 Å². The van der Waals surface area contributed by atoms with Crippen LogP contribution in [0.4, 0.5) is 0 Å². The van der Waals surface area contributed by atoms with Gasteiger partial charge in [-0.25, -0.2) is 4.68 Å². The molecule has 0 unspecified atom stereocenters. The predicted octanol–water partition coefficient (Wildman–Crippen LogP) is 2.69. The molecule has 94 valence electrons. The van der Waals surface area contributed by atoms with Gasteiger partial charge in [-0.3, -0.25) is 0 Å². The normalized spacial score (nSPS) is 10.6. The molecule has 0 saturated carbocycles. The van der Waals surface area contributed by atoms with E-state index in [0.717, 1.165) is 23.4 Å². The standard InChI is InChI=1S/C14H17N3S/c1-4-13-9(2)16-17(10(13)3)12-7-5-11(6-8-12)14(15)18/h5-8H,4H2,1-3H3,(H2,15,18). The van der Waals surface area contributed by atoms with Gasteiger partial charge in [-0.15, -0.1) is 0 Å². The summed E-state index contributed by atoms with van der Waals surface area (Å²) in [5, 5.41) is 4.58. The van der Waals surface area contributed by atoms with Crippen LogP contribution in [0.1, 0.15) is 29.4 Å². The van der Waals surface area contributed by atoms with Crippen molar-refractivity contribution in [3.05, 3.63) is 46.8 Å². The second-order valence-corrected chi connectivity index (χ2v) is 4.77. The van der Waals surface area contributed by atoms with E-state index in [9.17, 15) is 0 Å². The lowest BCUT2D eigenvalue weighted by Gasteiger charge is -2.06. The molecule has 0 aliphatic carbocycles. The molecule has 2 N–H and O–H groups in total. The Hall–Kier alpha value is -1.68. The number of aromatic nitrogens is 2. The third kappa shape index (κ3) is 2.16. The molecular weight excluding hydrogens is 242 g/mol. The van der Waals surface area contributed by atoms with Crippen LogP contribution in [-0.4, -0.2) is 14.8 Å². The fraction of sp³-hybridized carbons (Fsp3) is 0.286. The van der Waals surface area contributed by atoms with Crippen LogP contribution < -0.4 is 5.73 Å². The SMILES string of the molecule is CCc1c(C)nn(-c2ccc(C(N)=S)cc2)c1C. The maximum atomic E-state index is 5.59. The number of hydrogen-bond donors (Lipinski definition) is 1. The molecule has 0 saturated heterocycles. The Balaban J connectivity index is 2.46. The number of benzene rings is 1. The van der Waals surface area contributed by atoms with Crippen LogP contribution in [0.25, 0.3) is 5.69 Å². The van der Waals surface area contributed by atoms with Gasteiger partial charge in [0.05, 0.1) is 11.4 Å². The molecule has 2 aromatic rings. The molecule has 18 heavy (non-hydrogen) atoms. The van der Waals surface area contributed by atoms with Crippen LogP contribution >= 0.6 is 12.2 Å². The van der Waals surface area contributed by atoms with Crippen molar-refractivity contribution in [1.82, 2.24) is 9.78 Å². The van der Waals surface area contributed by atoms with Crippen molar-refractivity contribution < 1.29 is 0 Å². The van der Waals surface area contributed by atoms with E-state index in [1.54, 1.807) is 0 Å². The summed E-state index contributed by atoms with van der Waals surface area (Å²) in [7, 11) is 0. The fourth-order valence-corrected chi connectivity index (χ4v) is 2.34. The highest BCUT2D eigenvalue weighted by Crippen LogP contribution is 2.18. The van der Waals surface area contributed by atoms with Crippen LogP contribution in [0.2, 0.25) is 0 Å². The third-order valence-corrected chi connectivity index (χ3v) is 3.43. The summed E-state index contributed by atoms with van der Waals surface area (Å²) in [6.07, 6.45) is 1.00. The van der Waals surface area contributed by atoms with Crippen molar-refractivity contribution in [3.63, 3.8) is 0 Å². The van der Waals surface area contributed by atoms with Crippen LogP contribution in [-0.2, 0) is 6.42 Å². The minimum Gasteiger partial charge on any atom is -0.389 e. The van der Waals surface area contributed by atoms with E-state index in [-0.39, 0.29) is 0 Å². The maximum Gasteiger partial charge on any atom is 0.103 e. The molecule has 0 fully saturated rings. The molecule has 0 atom stereocenters. The van der Waals surface area contributed by atoms with Crippen molar-refractivity contribution in [2.45, 2.75) is 27.2 Å². The molecule has 0 amide bonds. The topological polar surface area (TPSA) is 43.8 Å². The first-order valence-electron chi connectivity index (χ1n) is 6.00. The lowest BCUT2D eigenvalue weighted by molar-refractivity contribution is 0.832. The Kier molecular flexibility index (Phi) is 3.48. The first-order chi connectivity index (χ1) is 8.54. The number of aryl methyl sites for hydroxylation is 1. The van der Waals surface area contributed by atoms with Crippen LogP contribution in [0.3, 0.4) is 0 Å². The average Bonchev–Trinajstić information content (AvgIpc) is 2.64. The zero-order valence-corrected chi connectivity index (χ0v) is 11.7. The van der Waals surface area contributed by atoms with Crippen molar-refractivity contribution in [2.75, 3.05) is 0 Å². The summed E-state index contributed by atoms with van der Waals surface area (Å²) in [6.45, 7) is 6.29. The molecule has 1 heterocycles. The van der Waals surface area contributed by atoms with Gasteiger partial charge in [0.25, 0.3) is 0 Å². The highest BCUT2D eigenvalue weighted by Gasteiger charge is 2.10. The van der Waals surface area contributed by atoms with Crippen LogP contribution in [0.15, 0.2) is 24.3 Å². The highest BCUT2D eigenvalue weighted by atomic mass is 32.1. The van der Waals surface area contributed by atoms with Crippen molar-refractivity contribution in [1.29, 1.82) is 0 Å². The quantitative estimate of drug-likeness (QED) is 0.862. The molecule has 0 radical (unpaired) electrons. The average molecular weight is 259 g/mol. The van der Waals surface area contributed by atoms with Gasteiger partial charge in [-0.05, 0) is 50.1 Å². The van der Waals surface area contributed by atoms with Crippen molar-refractivity contribution in [2.24, 2.45) is 5.73 Å². The van der Waals surface area contributed by atoms with E-state index in [1.807, 2.05) is 35.9 Å². The molecule has 0 spiro atoms. The summed E-state index contributed by atoms with van der Waals surface area (Å²) in [6, 6.07) is 7.85. The second-order valence-electron chi connectivity index (χ2n) is 4.33. The minimum atomic E-state index is 0.421. The van der Waals surface area contributed by atoms with E-state index in [1.165, 1.54) is 11.3 Å². The van der Waals surface area contributed by atoms with Gasteiger partial charge in [0.1, 0.15) is 4.99 Å². The Morgan fingerprint density at radius 1 is 1.28 bits per heavy atom. The smallest absolute Gasteiger partial charge is 0.103 e. The van der Waals surface area contributed by atoms with Gasteiger partial charge >= 0.3 is 0 Å². The number of rotatable bonds is 3. The molecule has 0 aliphatic heterocycles. The van der Waals surface area contributed by atoms with Gasteiger partial charge in [-0.1, -0.05) is 19.1 Å². The molecule has 4 heteroatoms. The molecule has 0 bridgehead atoms. The van der Waals surface area contributed by atoms with Crippen molar-refractivity contribution in [3.8, 4) is 5.69 Å². The van der Waals surface area contributed by atoms with Gasteiger partial charge in [0.2, 0.25) is 0 Å². The Morgan fingerprint density at radius 3 is 2.33 bits per heavy atom. The summed E-state index contributed by atoms with van der Waals surface area (Å²) in [5.74, 6) is 0. The lowest BCUT2D eigenvalue weighted by Crippen LogP contribution is -2.09. The van der Waals surface area contributed by atoms with Gasteiger partial charge in [-0.2, -0.15) is 5.10 Å². The van der Waals surface area contributed by atoms with E-state index in [4.69, 9.17) is 18.0 Å².